The van der Waals surface area contributed by atoms with Gasteiger partial charge in [-0.3, -0.25) is 4.79 Å². The normalized spacial score (nSPS) is 11.5. The molecule has 2 N–H and O–H groups in total. The second-order valence-corrected chi connectivity index (χ2v) is 5.59. The summed E-state index contributed by atoms with van der Waals surface area (Å²) in [5.41, 5.74) is 1.22. The smallest absolute Gasteiger partial charge is 0.270 e. The Labute approximate surface area is 147 Å². The Morgan fingerprint density at radius 1 is 1.20 bits per heavy atom. The highest BCUT2D eigenvalue weighted by Crippen LogP contribution is 2.27. The van der Waals surface area contributed by atoms with Crippen molar-refractivity contribution in [3.8, 4) is 11.5 Å². The summed E-state index contributed by atoms with van der Waals surface area (Å²) < 4.78 is 10.5. The van der Waals surface area contributed by atoms with Crippen LogP contribution >= 0.6 is 0 Å². The van der Waals surface area contributed by atoms with Crippen LogP contribution in [0.2, 0.25) is 0 Å². The van der Waals surface area contributed by atoms with Gasteiger partial charge in [0.05, 0.1) is 14.2 Å². The Morgan fingerprint density at radius 3 is 2.64 bits per heavy atom. The molecule has 1 aromatic heterocycles. The van der Waals surface area contributed by atoms with Crippen molar-refractivity contribution in [1.29, 1.82) is 0 Å². The second kappa shape index (κ2) is 8.86. The summed E-state index contributed by atoms with van der Waals surface area (Å²) in [6.07, 6.45) is 2.52. The Bertz CT molecular complexity index is 721. The van der Waals surface area contributed by atoms with Gasteiger partial charge in [-0.2, -0.15) is 0 Å². The third kappa shape index (κ3) is 5.07. The van der Waals surface area contributed by atoms with Crippen LogP contribution < -0.4 is 20.1 Å². The molecule has 1 atom stereocenters. The van der Waals surface area contributed by atoms with Crippen molar-refractivity contribution in [3.05, 3.63) is 41.7 Å². The summed E-state index contributed by atoms with van der Waals surface area (Å²) in [6, 6.07) is 7.34. The molecule has 0 aliphatic rings. The fourth-order valence-corrected chi connectivity index (χ4v) is 2.14. The topological polar surface area (TPSA) is 85.4 Å². The minimum absolute atomic E-state index is 0.241. The average molecular weight is 344 g/mol. The number of aromatic nitrogens is 2. The van der Waals surface area contributed by atoms with E-state index in [4.69, 9.17) is 9.47 Å². The number of anilines is 1. The summed E-state index contributed by atoms with van der Waals surface area (Å²) >= 11 is 0. The van der Waals surface area contributed by atoms with Gasteiger partial charge in [0.15, 0.2) is 11.5 Å². The van der Waals surface area contributed by atoms with Crippen LogP contribution in [0, 0.1) is 0 Å². The van der Waals surface area contributed by atoms with Crippen LogP contribution in [0.1, 0.15) is 36.3 Å². The van der Waals surface area contributed by atoms with Crippen LogP contribution in [0.3, 0.4) is 0 Å². The lowest BCUT2D eigenvalue weighted by atomic mass is 10.2. The zero-order chi connectivity index (χ0) is 18.2. The highest BCUT2D eigenvalue weighted by molar-refractivity contribution is 5.92. The molecule has 25 heavy (non-hydrogen) atoms. The van der Waals surface area contributed by atoms with E-state index in [1.807, 2.05) is 19.1 Å². The molecule has 0 saturated heterocycles. The van der Waals surface area contributed by atoms with E-state index in [1.54, 1.807) is 32.5 Å². The molecule has 0 aliphatic heterocycles. The molecule has 0 saturated carbocycles. The van der Waals surface area contributed by atoms with E-state index in [-0.39, 0.29) is 11.9 Å². The van der Waals surface area contributed by atoms with Gasteiger partial charge in [-0.05, 0) is 37.1 Å². The number of rotatable bonds is 8. The van der Waals surface area contributed by atoms with E-state index < -0.39 is 0 Å². The number of nitrogens with one attached hydrogen (secondary N) is 2. The first-order valence-electron chi connectivity index (χ1n) is 8.16. The van der Waals surface area contributed by atoms with E-state index >= 15 is 0 Å². The zero-order valence-electron chi connectivity index (χ0n) is 15.0. The third-order valence-corrected chi connectivity index (χ3v) is 3.78. The molecule has 7 heteroatoms. The van der Waals surface area contributed by atoms with Gasteiger partial charge in [0.25, 0.3) is 5.91 Å². The molecule has 134 valence electrons. The van der Waals surface area contributed by atoms with Crippen LogP contribution in [0.4, 0.5) is 5.95 Å². The molecule has 7 nitrogen and oxygen atoms in total. The summed E-state index contributed by atoms with van der Waals surface area (Å²) in [6.45, 7) is 4.46. The van der Waals surface area contributed by atoms with E-state index in [2.05, 4.69) is 27.5 Å². The number of carbonyl (C=O) groups is 1. The van der Waals surface area contributed by atoms with Crippen molar-refractivity contribution in [2.75, 3.05) is 19.5 Å². The lowest BCUT2D eigenvalue weighted by Crippen LogP contribution is -2.25. The van der Waals surface area contributed by atoms with Crippen LogP contribution in [-0.2, 0) is 6.54 Å². The fraction of sp³-hybridized carbons (Fsp3) is 0.389. The molecule has 0 spiro atoms. The van der Waals surface area contributed by atoms with Gasteiger partial charge in [0, 0.05) is 18.8 Å². The van der Waals surface area contributed by atoms with Gasteiger partial charge < -0.3 is 20.1 Å². The molecule has 1 amide bonds. The van der Waals surface area contributed by atoms with Crippen LogP contribution in [0.25, 0.3) is 0 Å². The first-order chi connectivity index (χ1) is 12.1. The van der Waals surface area contributed by atoms with Crippen molar-refractivity contribution in [1.82, 2.24) is 15.3 Å². The van der Waals surface area contributed by atoms with Crippen molar-refractivity contribution in [3.63, 3.8) is 0 Å². The minimum Gasteiger partial charge on any atom is -0.493 e. The maximum Gasteiger partial charge on any atom is 0.270 e. The summed E-state index contributed by atoms with van der Waals surface area (Å²) in [5, 5.41) is 6.00. The maximum absolute atomic E-state index is 12.3. The van der Waals surface area contributed by atoms with Gasteiger partial charge in [0.2, 0.25) is 5.95 Å². The highest BCUT2D eigenvalue weighted by atomic mass is 16.5. The maximum atomic E-state index is 12.3. The summed E-state index contributed by atoms with van der Waals surface area (Å²) in [4.78, 5) is 20.7. The summed E-state index contributed by atoms with van der Waals surface area (Å²) in [7, 11) is 3.16. The van der Waals surface area contributed by atoms with Gasteiger partial charge in [-0.25, -0.2) is 9.97 Å². The monoisotopic (exact) mass is 344 g/mol. The predicted octanol–water partition coefficient (Wildman–Crippen LogP) is 2.63. The van der Waals surface area contributed by atoms with Crippen LogP contribution in [-0.4, -0.2) is 36.1 Å². The van der Waals surface area contributed by atoms with E-state index in [1.165, 1.54) is 0 Å². The van der Waals surface area contributed by atoms with E-state index in [0.29, 0.717) is 29.7 Å². The number of hydrogen-bond acceptors (Lipinski definition) is 6. The molecule has 0 fully saturated rings. The van der Waals surface area contributed by atoms with Crippen molar-refractivity contribution >= 4 is 11.9 Å². The number of ether oxygens (including phenoxy) is 2. The predicted molar refractivity (Wildman–Crippen MR) is 96.1 cm³/mol. The fourth-order valence-electron chi connectivity index (χ4n) is 2.14. The SMILES string of the molecule is CCC(C)Nc1nccc(C(=O)NCc2ccc(OC)c(OC)c2)n1. The molecular weight excluding hydrogens is 320 g/mol. The van der Waals surface area contributed by atoms with E-state index in [0.717, 1.165) is 12.0 Å². The number of carbonyl (C=O) groups excluding carboxylic acids is 1. The van der Waals surface area contributed by atoms with Gasteiger partial charge in [-0.15, -0.1) is 0 Å². The molecule has 1 unspecified atom stereocenters. The first-order valence-corrected chi connectivity index (χ1v) is 8.16. The van der Waals surface area contributed by atoms with E-state index in [9.17, 15) is 4.79 Å². The molecule has 0 bridgehead atoms. The lowest BCUT2D eigenvalue weighted by Gasteiger charge is -2.12. The van der Waals surface area contributed by atoms with Crippen LogP contribution in [0.15, 0.2) is 30.5 Å². The molecule has 2 aromatic rings. The number of benzene rings is 1. The number of nitrogens with zero attached hydrogens (tertiary/aromatic N) is 2. The van der Waals surface area contributed by atoms with Gasteiger partial charge in [0.1, 0.15) is 5.69 Å². The molecule has 1 heterocycles. The number of methoxy groups -OCH3 is 2. The largest absolute Gasteiger partial charge is 0.493 e. The van der Waals surface area contributed by atoms with Gasteiger partial charge >= 0.3 is 0 Å². The quantitative estimate of drug-likeness (QED) is 0.766. The molecule has 1 aromatic carbocycles. The Morgan fingerprint density at radius 2 is 1.96 bits per heavy atom. The third-order valence-electron chi connectivity index (χ3n) is 3.78. The lowest BCUT2D eigenvalue weighted by molar-refractivity contribution is 0.0946. The van der Waals surface area contributed by atoms with Crippen molar-refractivity contribution in [2.24, 2.45) is 0 Å². The average Bonchev–Trinajstić information content (AvgIpc) is 2.65. The summed E-state index contributed by atoms with van der Waals surface area (Å²) in [5.74, 6) is 1.46. The Balaban J connectivity index is 2.01. The molecule has 0 radical (unpaired) electrons. The van der Waals surface area contributed by atoms with Crippen molar-refractivity contribution < 1.29 is 14.3 Å². The molecule has 2 rings (SSSR count). The Hall–Kier alpha value is -2.83. The van der Waals surface area contributed by atoms with Crippen LogP contribution in [0.5, 0.6) is 11.5 Å². The standard InChI is InChI=1S/C18H24N4O3/c1-5-12(2)21-18-19-9-8-14(22-18)17(23)20-11-13-6-7-15(24-3)16(10-13)25-4/h6-10,12H,5,11H2,1-4H3,(H,20,23)(H,19,21,22). The minimum atomic E-state index is -0.260. The highest BCUT2D eigenvalue weighted by Gasteiger charge is 2.11. The first kappa shape index (κ1) is 18.5. The second-order valence-electron chi connectivity index (χ2n) is 5.59. The number of hydrogen-bond donors (Lipinski definition) is 2. The number of amides is 1. The zero-order valence-corrected chi connectivity index (χ0v) is 15.0. The Kier molecular flexibility index (Phi) is 6.56. The molecular formula is C18H24N4O3. The van der Waals surface area contributed by atoms with Crippen molar-refractivity contribution in [2.45, 2.75) is 32.9 Å². The van der Waals surface area contributed by atoms with Gasteiger partial charge in [-0.1, -0.05) is 13.0 Å². The molecule has 0 aliphatic carbocycles.